The van der Waals surface area contributed by atoms with Crippen molar-refractivity contribution in [2.45, 2.75) is 19.3 Å². The minimum atomic E-state index is -0.657. The van der Waals surface area contributed by atoms with Gasteiger partial charge in [0.15, 0.2) is 0 Å². The molecule has 1 atom stereocenters. The lowest BCUT2D eigenvalue weighted by molar-refractivity contribution is -0.138. The lowest BCUT2D eigenvalue weighted by atomic mass is 9.95. The molecule has 2 heterocycles. The maximum atomic E-state index is 10.7. The van der Waals surface area contributed by atoms with E-state index in [1.807, 2.05) is 0 Å². The van der Waals surface area contributed by atoms with E-state index in [1.165, 1.54) is 0 Å². The molecule has 0 radical (unpaired) electrons. The molecule has 0 aromatic heterocycles. The first-order valence-electron chi connectivity index (χ1n) is 6.98. The minimum absolute atomic E-state index is 0.327. The predicted octanol–water partition coefficient (Wildman–Crippen LogP) is 0.505. The number of carboxylic acid groups (broad SMARTS) is 1. The summed E-state index contributed by atoms with van der Waals surface area (Å²) in [7, 11) is 0. The van der Waals surface area contributed by atoms with E-state index in [1.54, 1.807) is 0 Å². The van der Waals surface area contributed by atoms with Crippen molar-refractivity contribution in [2.75, 3.05) is 52.5 Å². The van der Waals surface area contributed by atoms with Crippen LogP contribution in [0.3, 0.4) is 0 Å². The summed E-state index contributed by atoms with van der Waals surface area (Å²) in [6.07, 6.45) is 2.54. The first kappa shape index (κ1) is 13.8. The van der Waals surface area contributed by atoms with Gasteiger partial charge < -0.3 is 14.7 Å². The van der Waals surface area contributed by atoms with Gasteiger partial charge in [-0.3, -0.25) is 9.69 Å². The average molecular weight is 256 g/mol. The maximum absolute atomic E-state index is 10.7. The molecule has 0 saturated carbocycles. The topological polar surface area (TPSA) is 53.0 Å². The number of carbonyl (C=O) groups is 1. The van der Waals surface area contributed by atoms with Gasteiger partial charge in [-0.05, 0) is 25.3 Å². The van der Waals surface area contributed by atoms with Crippen LogP contribution >= 0.6 is 0 Å². The zero-order chi connectivity index (χ0) is 12.8. The molecule has 2 fully saturated rings. The molecule has 2 aliphatic rings. The number of ether oxygens (including phenoxy) is 1. The number of nitrogens with zero attached hydrogens (tertiary/aromatic N) is 2. The number of hydrogen-bond acceptors (Lipinski definition) is 4. The van der Waals surface area contributed by atoms with Gasteiger partial charge in [0, 0.05) is 39.1 Å². The van der Waals surface area contributed by atoms with E-state index in [0.29, 0.717) is 12.3 Å². The maximum Gasteiger partial charge on any atom is 0.303 e. The van der Waals surface area contributed by atoms with Gasteiger partial charge in [-0.15, -0.1) is 0 Å². The summed E-state index contributed by atoms with van der Waals surface area (Å²) in [6.45, 7) is 8.00. The smallest absolute Gasteiger partial charge is 0.303 e. The van der Waals surface area contributed by atoms with E-state index in [0.717, 1.165) is 65.3 Å². The normalized spacial score (nSPS) is 27.2. The van der Waals surface area contributed by atoms with Crippen LogP contribution in [0, 0.1) is 5.92 Å². The lowest BCUT2D eigenvalue weighted by Gasteiger charge is -2.34. The molecule has 1 unspecified atom stereocenters. The number of morpholine rings is 1. The molecule has 104 valence electrons. The molecule has 0 aromatic rings. The summed E-state index contributed by atoms with van der Waals surface area (Å²) >= 11 is 0. The zero-order valence-electron chi connectivity index (χ0n) is 11.0. The Bertz CT molecular complexity index is 267. The van der Waals surface area contributed by atoms with E-state index >= 15 is 0 Å². The molecule has 0 aromatic carbocycles. The highest BCUT2D eigenvalue weighted by Crippen LogP contribution is 2.19. The average Bonchev–Trinajstić information content (AvgIpc) is 2.37. The Morgan fingerprint density at radius 1 is 1.17 bits per heavy atom. The first-order valence-corrected chi connectivity index (χ1v) is 6.98. The fourth-order valence-corrected chi connectivity index (χ4v) is 2.88. The largest absolute Gasteiger partial charge is 0.481 e. The quantitative estimate of drug-likeness (QED) is 0.776. The molecule has 2 rings (SSSR count). The van der Waals surface area contributed by atoms with Crippen LogP contribution in [0.1, 0.15) is 19.3 Å². The van der Waals surface area contributed by atoms with Crippen LogP contribution in [0.5, 0.6) is 0 Å². The van der Waals surface area contributed by atoms with Gasteiger partial charge in [0.2, 0.25) is 0 Å². The third-order valence-corrected chi connectivity index (χ3v) is 3.90. The molecule has 1 N–H and O–H groups in total. The number of aliphatic carboxylic acids is 1. The Morgan fingerprint density at radius 3 is 2.61 bits per heavy atom. The first-order chi connectivity index (χ1) is 8.74. The van der Waals surface area contributed by atoms with Crippen LogP contribution in [0.15, 0.2) is 0 Å². The van der Waals surface area contributed by atoms with Gasteiger partial charge in [0.05, 0.1) is 13.2 Å². The van der Waals surface area contributed by atoms with Gasteiger partial charge >= 0.3 is 5.97 Å². The van der Waals surface area contributed by atoms with Gasteiger partial charge in [0.1, 0.15) is 0 Å². The van der Waals surface area contributed by atoms with Crippen LogP contribution in [0.4, 0.5) is 0 Å². The fraction of sp³-hybridized carbons (Fsp3) is 0.923. The van der Waals surface area contributed by atoms with E-state index in [-0.39, 0.29) is 0 Å². The Balaban J connectivity index is 1.67. The van der Waals surface area contributed by atoms with Gasteiger partial charge in [0.25, 0.3) is 0 Å². The van der Waals surface area contributed by atoms with Crippen LogP contribution in [-0.2, 0) is 9.53 Å². The summed E-state index contributed by atoms with van der Waals surface area (Å²) in [6, 6.07) is 0. The summed E-state index contributed by atoms with van der Waals surface area (Å²) in [5.41, 5.74) is 0. The van der Waals surface area contributed by atoms with Crippen molar-refractivity contribution in [3.05, 3.63) is 0 Å². The third-order valence-electron chi connectivity index (χ3n) is 3.90. The fourth-order valence-electron chi connectivity index (χ4n) is 2.88. The van der Waals surface area contributed by atoms with Crippen molar-refractivity contribution in [3.63, 3.8) is 0 Å². The van der Waals surface area contributed by atoms with E-state index in [4.69, 9.17) is 9.84 Å². The van der Waals surface area contributed by atoms with Gasteiger partial charge in [-0.1, -0.05) is 0 Å². The summed E-state index contributed by atoms with van der Waals surface area (Å²) in [5.74, 6) is -0.309. The number of hydrogen-bond donors (Lipinski definition) is 1. The van der Waals surface area contributed by atoms with E-state index < -0.39 is 5.97 Å². The lowest BCUT2D eigenvalue weighted by Crippen LogP contribution is -2.44. The second kappa shape index (κ2) is 7.07. The van der Waals surface area contributed by atoms with Crippen molar-refractivity contribution < 1.29 is 14.6 Å². The number of likely N-dealkylation sites (tertiary alicyclic amines) is 1. The minimum Gasteiger partial charge on any atom is -0.481 e. The van der Waals surface area contributed by atoms with Crippen molar-refractivity contribution in [3.8, 4) is 0 Å². The van der Waals surface area contributed by atoms with Crippen LogP contribution in [-0.4, -0.2) is 73.4 Å². The summed E-state index contributed by atoms with van der Waals surface area (Å²) < 4.78 is 5.33. The molecule has 2 aliphatic heterocycles. The molecular formula is C13H24N2O3. The van der Waals surface area contributed by atoms with E-state index in [2.05, 4.69) is 9.80 Å². The molecule has 18 heavy (non-hydrogen) atoms. The molecule has 0 amide bonds. The monoisotopic (exact) mass is 256 g/mol. The van der Waals surface area contributed by atoms with Crippen LogP contribution in [0.2, 0.25) is 0 Å². The molecule has 5 nitrogen and oxygen atoms in total. The Kier molecular flexibility index (Phi) is 5.41. The Hall–Kier alpha value is -0.650. The molecule has 0 aliphatic carbocycles. The highest BCUT2D eigenvalue weighted by atomic mass is 16.5. The predicted molar refractivity (Wildman–Crippen MR) is 68.7 cm³/mol. The van der Waals surface area contributed by atoms with Gasteiger partial charge in [-0.25, -0.2) is 0 Å². The highest BCUT2D eigenvalue weighted by molar-refractivity contribution is 5.67. The standard InChI is InChI=1S/C13H24N2O3/c16-13(17)10-12-2-1-3-15(11-12)5-4-14-6-8-18-9-7-14/h12H,1-11H2,(H,16,17). The number of carboxylic acids is 1. The zero-order valence-corrected chi connectivity index (χ0v) is 11.0. The van der Waals surface area contributed by atoms with Gasteiger partial charge in [-0.2, -0.15) is 0 Å². The second-order valence-electron chi connectivity index (χ2n) is 5.36. The van der Waals surface area contributed by atoms with Crippen LogP contribution < -0.4 is 0 Å². The SMILES string of the molecule is O=C(O)CC1CCCN(CCN2CCOCC2)C1. The van der Waals surface area contributed by atoms with E-state index in [9.17, 15) is 4.79 Å². The molecule has 5 heteroatoms. The van der Waals surface area contributed by atoms with Crippen molar-refractivity contribution >= 4 is 5.97 Å². The third kappa shape index (κ3) is 4.55. The highest BCUT2D eigenvalue weighted by Gasteiger charge is 2.22. The number of piperidine rings is 1. The number of rotatable bonds is 5. The van der Waals surface area contributed by atoms with Crippen molar-refractivity contribution in [2.24, 2.45) is 5.92 Å². The summed E-state index contributed by atoms with van der Waals surface area (Å²) in [4.78, 5) is 15.6. The summed E-state index contributed by atoms with van der Waals surface area (Å²) in [5, 5.41) is 8.85. The molecular weight excluding hydrogens is 232 g/mol. The van der Waals surface area contributed by atoms with Crippen LogP contribution in [0.25, 0.3) is 0 Å². The Morgan fingerprint density at radius 2 is 1.89 bits per heavy atom. The Labute approximate surface area is 109 Å². The van der Waals surface area contributed by atoms with Crippen molar-refractivity contribution in [1.29, 1.82) is 0 Å². The molecule has 0 spiro atoms. The molecule has 2 saturated heterocycles. The van der Waals surface area contributed by atoms with Crippen molar-refractivity contribution in [1.82, 2.24) is 9.80 Å². The second-order valence-corrected chi connectivity index (χ2v) is 5.36. The molecule has 0 bridgehead atoms.